The molecule has 2 aromatic carbocycles. The zero-order valence-electron chi connectivity index (χ0n) is 14.0. The third-order valence-corrected chi connectivity index (χ3v) is 5.01. The Balaban J connectivity index is 1.91. The van der Waals surface area contributed by atoms with Crippen molar-refractivity contribution in [3.05, 3.63) is 81.6 Å². The molecular formula is C20H18BrN3O. The molecule has 1 unspecified atom stereocenters. The van der Waals surface area contributed by atoms with Crippen molar-refractivity contribution in [2.24, 2.45) is 0 Å². The van der Waals surface area contributed by atoms with Gasteiger partial charge in [-0.2, -0.15) is 5.10 Å². The van der Waals surface area contributed by atoms with E-state index in [4.69, 9.17) is 5.10 Å². The fraction of sp³-hybridized carbons (Fsp3) is 0.200. The highest BCUT2D eigenvalue weighted by molar-refractivity contribution is 9.10. The van der Waals surface area contributed by atoms with Gasteiger partial charge in [-0.25, -0.2) is 4.68 Å². The van der Waals surface area contributed by atoms with Gasteiger partial charge in [-0.05, 0) is 35.7 Å². The van der Waals surface area contributed by atoms with E-state index < -0.39 is 0 Å². The van der Waals surface area contributed by atoms with Gasteiger partial charge < -0.3 is 5.32 Å². The average molecular weight is 396 g/mol. The summed E-state index contributed by atoms with van der Waals surface area (Å²) in [6.45, 7) is 4.22. The molecule has 5 heteroatoms. The van der Waals surface area contributed by atoms with Crippen molar-refractivity contribution in [3.8, 4) is 5.69 Å². The standard InChI is InChI=1S/C20H18BrN3O/c1-12(2)17-16-18(13-8-10-14(21)11-9-13)22-20(25)19(16)24(23-17)15-6-4-3-5-7-15/h3-12,18H,1-2H3,(H,22,25). The maximum Gasteiger partial charge on any atom is 0.271 e. The van der Waals surface area contributed by atoms with E-state index in [0.717, 1.165) is 27.0 Å². The van der Waals surface area contributed by atoms with Crippen molar-refractivity contribution in [2.75, 3.05) is 0 Å². The molecule has 1 aliphatic rings. The lowest BCUT2D eigenvalue weighted by molar-refractivity contribution is 0.0953. The van der Waals surface area contributed by atoms with Crippen LogP contribution in [0.15, 0.2) is 59.1 Å². The second kappa shape index (κ2) is 6.15. The number of hydrogen-bond donors (Lipinski definition) is 1. The number of hydrogen-bond acceptors (Lipinski definition) is 2. The monoisotopic (exact) mass is 395 g/mol. The molecule has 1 aromatic heterocycles. The van der Waals surface area contributed by atoms with Crippen LogP contribution in [-0.4, -0.2) is 15.7 Å². The van der Waals surface area contributed by atoms with E-state index in [1.54, 1.807) is 4.68 Å². The number of carbonyl (C=O) groups is 1. The summed E-state index contributed by atoms with van der Waals surface area (Å²) in [6, 6.07) is 17.7. The fourth-order valence-electron chi connectivity index (χ4n) is 3.31. The van der Waals surface area contributed by atoms with E-state index in [2.05, 4.69) is 35.1 Å². The predicted molar refractivity (Wildman–Crippen MR) is 101 cm³/mol. The smallest absolute Gasteiger partial charge is 0.271 e. The third kappa shape index (κ3) is 2.68. The van der Waals surface area contributed by atoms with Crippen molar-refractivity contribution in [1.29, 1.82) is 0 Å². The number of rotatable bonds is 3. The van der Waals surface area contributed by atoms with E-state index in [1.807, 2.05) is 54.6 Å². The van der Waals surface area contributed by atoms with Crippen LogP contribution >= 0.6 is 15.9 Å². The highest BCUT2D eigenvalue weighted by Crippen LogP contribution is 2.37. The summed E-state index contributed by atoms with van der Waals surface area (Å²) >= 11 is 3.47. The first-order chi connectivity index (χ1) is 12.1. The minimum absolute atomic E-state index is 0.0776. The predicted octanol–water partition coefficient (Wildman–Crippen LogP) is 4.59. The van der Waals surface area contributed by atoms with E-state index >= 15 is 0 Å². The molecule has 1 amide bonds. The maximum absolute atomic E-state index is 12.8. The normalized spacial score (nSPS) is 16.2. The van der Waals surface area contributed by atoms with E-state index in [0.29, 0.717) is 5.69 Å². The van der Waals surface area contributed by atoms with Crippen LogP contribution < -0.4 is 5.32 Å². The number of halogens is 1. The largest absolute Gasteiger partial charge is 0.340 e. The molecule has 0 bridgehead atoms. The summed E-state index contributed by atoms with van der Waals surface area (Å²) < 4.78 is 2.80. The molecule has 4 rings (SSSR count). The first-order valence-corrected chi connectivity index (χ1v) is 9.10. The lowest BCUT2D eigenvalue weighted by Crippen LogP contribution is -2.23. The molecule has 0 fully saturated rings. The van der Waals surface area contributed by atoms with Crippen LogP contribution in [0.2, 0.25) is 0 Å². The fourth-order valence-corrected chi connectivity index (χ4v) is 3.57. The Hall–Kier alpha value is -2.40. The van der Waals surface area contributed by atoms with Gasteiger partial charge >= 0.3 is 0 Å². The number of amides is 1. The number of nitrogens with one attached hydrogen (secondary N) is 1. The first kappa shape index (κ1) is 16.1. The Labute approximate surface area is 155 Å². The molecule has 0 spiro atoms. The van der Waals surface area contributed by atoms with Crippen LogP contribution in [0.25, 0.3) is 5.69 Å². The summed E-state index contributed by atoms with van der Waals surface area (Å²) in [7, 11) is 0. The van der Waals surface area contributed by atoms with Crippen molar-refractivity contribution in [3.63, 3.8) is 0 Å². The molecular weight excluding hydrogens is 378 g/mol. The van der Waals surface area contributed by atoms with E-state index in [-0.39, 0.29) is 17.9 Å². The van der Waals surface area contributed by atoms with Crippen LogP contribution in [0, 0.1) is 0 Å². The number of carbonyl (C=O) groups excluding carboxylic acids is 1. The summed E-state index contributed by atoms with van der Waals surface area (Å²) in [5, 5.41) is 7.92. The molecule has 0 saturated heterocycles. The summed E-state index contributed by atoms with van der Waals surface area (Å²) in [5.41, 5.74) is 4.56. The van der Waals surface area contributed by atoms with Crippen LogP contribution in [-0.2, 0) is 0 Å². The quantitative estimate of drug-likeness (QED) is 0.704. The maximum atomic E-state index is 12.8. The Morgan fingerprint density at radius 3 is 2.40 bits per heavy atom. The second-order valence-corrected chi connectivity index (χ2v) is 7.42. The van der Waals surface area contributed by atoms with Gasteiger partial charge in [0.25, 0.3) is 5.91 Å². The third-order valence-electron chi connectivity index (χ3n) is 4.48. The summed E-state index contributed by atoms with van der Waals surface area (Å²) in [5.74, 6) is 0.149. The molecule has 0 saturated carbocycles. The van der Waals surface area contributed by atoms with Crippen molar-refractivity contribution < 1.29 is 4.79 Å². The van der Waals surface area contributed by atoms with Gasteiger partial charge in [0, 0.05) is 10.0 Å². The first-order valence-electron chi connectivity index (χ1n) is 8.31. The highest BCUT2D eigenvalue weighted by Gasteiger charge is 2.38. The molecule has 126 valence electrons. The number of benzene rings is 2. The Kier molecular flexibility index (Phi) is 3.96. The van der Waals surface area contributed by atoms with Crippen LogP contribution in [0.3, 0.4) is 0 Å². The Morgan fingerprint density at radius 1 is 1.08 bits per heavy atom. The zero-order valence-corrected chi connectivity index (χ0v) is 15.6. The molecule has 0 aliphatic carbocycles. The van der Waals surface area contributed by atoms with Gasteiger partial charge in [0.1, 0.15) is 5.69 Å². The van der Waals surface area contributed by atoms with Crippen molar-refractivity contribution >= 4 is 21.8 Å². The minimum Gasteiger partial charge on any atom is -0.340 e. The van der Waals surface area contributed by atoms with E-state index in [1.165, 1.54) is 0 Å². The Morgan fingerprint density at radius 2 is 1.76 bits per heavy atom. The van der Waals surface area contributed by atoms with Crippen LogP contribution in [0.4, 0.5) is 0 Å². The Bertz CT molecular complexity index is 930. The lowest BCUT2D eigenvalue weighted by Gasteiger charge is -2.14. The molecule has 25 heavy (non-hydrogen) atoms. The second-order valence-electron chi connectivity index (χ2n) is 6.51. The summed E-state index contributed by atoms with van der Waals surface area (Å²) in [4.78, 5) is 12.8. The molecule has 0 radical (unpaired) electrons. The van der Waals surface area contributed by atoms with Crippen LogP contribution in [0.1, 0.15) is 53.1 Å². The molecule has 1 N–H and O–H groups in total. The topological polar surface area (TPSA) is 46.9 Å². The zero-order chi connectivity index (χ0) is 17.6. The minimum atomic E-state index is -0.162. The molecule has 1 atom stereocenters. The van der Waals surface area contributed by atoms with Crippen LogP contribution in [0.5, 0.6) is 0 Å². The highest BCUT2D eigenvalue weighted by atomic mass is 79.9. The molecule has 3 aromatic rings. The molecule has 2 heterocycles. The van der Waals surface area contributed by atoms with E-state index in [9.17, 15) is 4.79 Å². The van der Waals surface area contributed by atoms with Gasteiger partial charge in [0.15, 0.2) is 0 Å². The van der Waals surface area contributed by atoms with Gasteiger partial charge in [0.05, 0.1) is 17.4 Å². The number of aromatic nitrogens is 2. The number of para-hydroxylation sites is 1. The molecule has 4 nitrogen and oxygen atoms in total. The van der Waals surface area contributed by atoms with Gasteiger partial charge in [0.2, 0.25) is 0 Å². The van der Waals surface area contributed by atoms with Gasteiger partial charge in [-0.1, -0.05) is 60.1 Å². The number of fused-ring (bicyclic) bond motifs is 1. The molecule has 1 aliphatic heterocycles. The lowest BCUT2D eigenvalue weighted by atomic mass is 9.95. The SMILES string of the molecule is CC(C)c1nn(-c2ccccc2)c2c1C(c1ccc(Br)cc1)NC2=O. The van der Waals surface area contributed by atoms with Crippen molar-refractivity contribution in [2.45, 2.75) is 25.8 Å². The van der Waals surface area contributed by atoms with Crippen molar-refractivity contribution in [1.82, 2.24) is 15.1 Å². The average Bonchev–Trinajstić information content (AvgIpc) is 3.16. The number of nitrogens with zero attached hydrogens (tertiary/aromatic N) is 2. The van der Waals surface area contributed by atoms with Gasteiger partial charge in [-0.3, -0.25) is 4.79 Å². The van der Waals surface area contributed by atoms with Gasteiger partial charge in [-0.15, -0.1) is 0 Å². The summed E-state index contributed by atoms with van der Waals surface area (Å²) in [6.07, 6.45) is 0.